The van der Waals surface area contributed by atoms with Crippen LogP contribution in [-0.4, -0.2) is 42.1 Å². The molecule has 6 heteroatoms. The Hall–Kier alpha value is -1.30. The number of hydrogen-bond acceptors (Lipinski definition) is 3. The number of fused-ring (bicyclic) bond motifs is 1. The van der Waals surface area contributed by atoms with Gasteiger partial charge in [-0.3, -0.25) is 4.90 Å². The van der Waals surface area contributed by atoms with Gasteiger partial charge in [-0.2, -0.15) is 9.37 Å². The van der Waals surface area contributed by atoms with Crippen molar-refractivity contribution in [3.05, 3.63) is 23.6 Å². The summed E-state index contributed by atoms with van der Waals surface area (Å²) in [5.74, 6) is -3.32. The Bertz CT molecular complexity index is 480. The van der Waals surface area contributed by atoms with Gasteiger partial charge in [-0.15, -0.1) is 0 Å². The molecule has 1 aromatic heterocycles. The van der Waals surface area contributed by atoms with Gasteiger partial charge >= 0.3 is 0 Å². The monoisotopic (exact) mass is 271 g/mol. The lowest BCUT2D eigenvalue weighted by Crippen LogP contribution is -2.37. The summed E-state index contributed by atoms with van der Waals surface area (Å²) in [7, 11) is 0. The van der Waals surface area contributed by atoms with E-state index in [4.69, 9.17) is 0 Å². The standard InChI is InChI=1S/C13H16F3N3/c14-10-7-11(15)13(17-12(10)16)19-6-2-5-18-4-1-3-9(18)8-19/h7,9H,1-6,8H2. The SMILES string of the molecule is Fc1cc(F)c(N2CCCN3CCCC3C2)nc1F. The highest BCUT2D eigenvalue weighted by Crippen LogP contribution is 2.26. The van der Waals surface area contributed by atoms with Crippen LogP contribution >= 0.6 is 0 Å². The first-order valence-electron chi connectivity index (χ1n) is 6.65. The fraction of sp³-hybridized carbons (Fsp3) is 0.615. The molecule has 2 saturated heterocycles. The average Bonchev–Trinajstić information content (AvgIpc) is 2.71. The molecule has 1 atom stereocenters. The van der Waals surface area contributed by atoms with Crippen molar-refractivity contribution in [2.45, 2.75) is 25.3 Å². The molecule has 0 N–H and O–H groups in total. The molecule has 2 fully saturated rings. The molecule has 1 aromatic rings. The van der Waals surface area contributed by atoms with Gasteiger partial charge in [-0.25, -0.2) is 8.78 Å². The van der Waals surface area contributed by atoms with Crippen LogP contribution in [0, 0.1) is 17.6 Å². The number of hydrogen-bond donors (Lipinski definition) is 0. The fourth-order valence-electron chi connectivity index (χ4n) is 3.06. The van der Waals surface area contributed by atoms with Crippen LogP contribution in [0.25, 0.3) is 0 Å². The average molecular weight is 271 g/mol. The summed E-state index contributed by atoms with van der Waals surface area (Å²) in [6, 6.07) is 0.950. The van der Waals surface area contributed by atoms with Crippen molar-refractivity contribution < 1.29 is 13.2 Å². The zero-order valence-corrected chi connectivity index (χ0v) is 10.6. The molecule has 0 radical (unpaired) electrons. The Labute approximate surface area is 110 Å². The van der Waals surface area contributed by atoms with Gasteiger partial charge in [-0.1, -0.05) is 0 Å². The van der Waals surface area contributed by atoms with E-state index >= 15 is 0 Å². The van der Waals surface area contributed by atoms with Crippen LogP contribution in [0.3, 0.4) is 0 Å². The number of aromatic nitrogens is 1. The zero-order chi connectivity index (χ0) is 13.4. The Kier molecular flexibility index (Phi) is 3.35. The third-order valence-corrected chi connectivity index (χ3v) is 3.97. The molecule has 1 unspecified atom stereocenters. The van der Waals surface area contributed by atoms with Gasteiger partial charge in [0.2, 0.25) is 0 Å². The molecule has 2 aliphatic rings. The first kappa shape index (κ1) is 12.7. The molecule has 2 aliphatic heterocycles. The van der Waals surface area contributed by atoms with E-state index in [1.54, 1.807) is 4.90 Å². The van der Waals surface area contributed by atoms with Crippen molar-refractivity contribution in [1.82, 2.24) is 9.88 Å². The maximum Gasteiger partial charge on any atom is 0.251 e. The molecule has 0 aliphatic carbocycles. The fourth-order valence-corrected chi connectivity index (χ4v) is 3.06. The Morgan fingerprint density at radius 1 is 1.05 bits per heavy atom. The minimum Gasteiger partial charge on any atom is -0.352 e. The molecule has 104 valence electrons. The largest absolute Gasteiger partial charge is 0.352 e. The van der Waals surface area contributed by atoms with Gasteiger partial charge in [-0.05, 0) is 25.8 Å². The van der Waals surface area contributed by atoms with E-state index in [2.05, 4.69) is 9.88 Å². The normalized spacial score (nSPS) is 24.4. The smallest absolute Gasteiger partial charge is 0.251 e. The number of anilines is 1. The predicted octanol–water partition coefficient (Wildman–Crippen LogP) is 2.17. The quantitative estimate of drug-likeness (QED) is 0.730. The van der Waals surface area contributed by atoms with Crippen molar-refractivity contribution in [2.75, 3.05) is 31.1 Å². The first-order chi connectivity index (χ1) is 9.15. The summed E-state index contributed by atoms with van der Waals surface area (Å²) in [6.07, 6.45) is 3.10. The Morgan fingerprint density at radius 2 is 1.84 bits per heavy atom. The van der Waals surface area contributed by atoms with Crippen molar-refractivity contribution >= 4 is 5.82 Å². The molecule has 0 spiro atoms. The van der Waals surface area contributed by atoms with Crippen LogP contribution in [0.4, 0.5) is 19.0 Å². The van der Waals surface area contributed by atoms with Gasteiger partial charge in [0.05, 0.1) is 0 Å². The lowest BCUT2D eigenvalue weighted by Gasteiger charge is -2.26. The molecular weight excluding hydrogens is 255 g/mol. The van der Waals surface area contributed by atoms with Gasteiger partial charge < -0.3 is 4.90 Å². The van der Waals surface area contributed by atoms with Crippen molar-refractivity contribution in [3.63, 3.8) is 0 Å². The minimum absolute atomic E-state index is 0.0624. The molecule has 0 amide bonds. The summed E-state index contributed by atoms with van der Waals surface area (Å²) in [5.41, 5.74) is 0. The second-order valence-electron chi connectivity index (χ2n) is 5.20. The highest BCUT2D eigenvalue weighted by Gasteiger charge is 2.30. The van der Waals surface area contributed by atoms with Crippen LogP contribution < -0.4 is 4.90 Å². The molecular formula is C13H16F3N3. The third-order valence-electron chi connectivity index (χ3n) is 3.97. The summed E-state index contributed by atoms with van der Waals surface area (Å²) in [4.78, 5) is 7.57. The van der Waals surface area contributed by atoms with E-state index in [0.717, 1.165) is 32.4 Å². The number of halogens is 3. The van der Waals surface area contributed by atoms with Crippen LogP contribution in [0.5, 0.6) is 0 Å². The summed E-state index contributed by atoms with van der Waals surface area (Å²) in [5, 5.41) is 0. The lowest BCUT2D eigenvalue weighted by atomic mass is 10.2. The Balaban J connectivity index is 1.86. The lowest BCUT2D eigenvalue weighted by molar-refractivity contribution is 0.273. The highest BCUT2D eigenvalue weighted by atomic mass is 19.2. The topological polar surface area (TPSA) is 19.4 Å². The maximum atomic E-state index is 13.8. The summed E-state index contributed by atoms with van der Waals surface area (Å²) in [6.45, 7) is 3.32. The summed E-state index contributed by atoms with van der Waals surface area (Å²) >= 11 is 0. The van der Waals surface area contributed by atoms with Crippen LogP contribution in [-0.2, 0) is 0 Å². The van der Waals surface area contributed by atoms with Gasteiger partial charge in [0.15, 0.2) is 17.5 Å². The van der Waals surface area contributed by atoms with E-state index < -0.39 is 17.6 Å². The van der Waals surface area contributed by atoms with Crippen molar-refractivity contribution in [1.29, 1.82) is 0 Å². The second kappa shape index (κ2) is 5.00. The molecule has 3 heterocycles. The third kappa shape index (κ3) is 2.41. The van der Waals surface area contributed by atoms with Crippen LogP contribution in [0.2, 0.25) is 0 Å². The summed E-state index contributed by atoms with van der Waals surface area (Å²) < 4.78 is 39.9. The molecule has 19 heavy (non-hydrogen) atoms. The van der Waals surface area contributed by atoms with Gasteiger partial charge in [0.25, 0.3) is 5.95 Å². The van der Waals surface area contributed by atoms with Crippen LogP contribution in [0.15, 0.2) is 6.07 Å². The molecule has 0 aromatic carbocycles. The van der Waals surface area contributed by atoms with Crippen molar-refractivity contribution in [3.8, 4) is 0 Å². The molecule has 0 bridgehead atoms. The minimum atomic E-state index is -1.24. The maximum absolute atomic E-state index is 13.8. The molecule has 3 nitrogen and oxygen atoms in total. The predicted molar refractivity (Wildman–Crippen MR) is 65.5 cm³/mol. The van der Waals surface area contributed by atoms with E-state index in [9.17, 15) is 13.2 Å². The van der Waals surface area contributed by atoms with Crippen LogP contribution in [0.1, 0.15) is 19.3 Å². The van der Waals surface area contributed by atoms with E-state index in [1.165, 1.54) is 0 Å². The van der Waals surface area contributed by atoms with E-state index in [-0.39, 0.29) is 5.82 Å². The van der Waals surface area contributed by atoms with E-state index in [1.807, 2.05) is 0 Å². The number of nitrogens with zero attached hydrogens (tertiary/aromatic N) is 3. The first-order valence-corrected chi connectivity index (χ1v) is 6.65. The Morgan fingerprint density at radius 3 is 2.68 bits per heavy atom. The number of pyridine rings is 1. The van der Waals surface area contributed by atoms with E-state index in [0.29, 0.717) is 25.2 Å². The second-order valence-corrected chi connectivity index (χ2v) is 5.20. The number of rotatable bonds is 1. The molecule has 0 saturated carbocycles. The molecule has 3 rings (SSSR count). The van der Waals surface area contributed by atoms with Gasteiger partial charge in [0, 0.05) is 31.7 Å². The van der Waals surface area contributed by atoms with Crippen molar-refractivity contribution in [2.24, 2.45) is 0 Å². The zero-order valence-electron chi connectivity index (χ0n) is 10.6. The highest BCUT2D eigenvalue weighted by molar-refractivity contribution is 5.40. The van der Waals surface area contributed by atoms with Gasteiger partial charge in [0.1, 0.15) is 0 Å².